The van der Waals surface area contributed by atoms with Gasteiger partial charge < -0.3 is 14.5 Å². The fourth-order valence-corrected chi connectivity index (χ4v) is 10.9. The van der Waals surface area contributed by atoms with Gasteiger partial charge >= 0.3 is 0 Å². The van der Waals surface area contributed by atoms with E-state index in [1.54, 1.807) is 11.3 Å². The van der Waals surface area contributed by atoms with Gasteiger partial charge in [0.15, 0.2) is 0 Å². The average Bonchev–Trinajstić information content (AvgIpc) is 4.01. The maximum absolute atomic E-state index is 6.98. The highest BCUT2D eigenvalue weighted by molar-refractivity contribution is 7.26. The molecular weight excluding hydrogens is 725 g/mol. The van der Waals surface area contributed by atoms with Gasteiger partial charge in [0, 0.05) is 76.7 Å². The number of thiophene rings is 2. The van der Waals surface area contributed by atoms with Crippen LogP contribution in [0.15, 0.2) is 152 Å². The molecule has 0 amide bonds. The fourth-order valence-electron chi connectivity index (χ4n) is 8.66. The van der Waals surface area contributed by atoms with E-state index >= 15 is 0 Å². The van der Waals surface area contributed by atoms with Crippen molar-refractivity contribution in [3.63, 3.8) is 0 Å². The summed E-state index contributed by atoms with van der Waals surface area (Å²) in [6.07, 6.45) is 3.95. The van der Waals surface area contributed by atoms with Crippen LogP contribution in [0.4, 0.5) is 22.7 Å². The van der Waals surface area contributed by atoms with Crippen molar-refractivity contribution < 1.29 is 4.74 Å². The highest BCUT2D eigenvalue weighted by Gasteiger charge is 2.30. The first-order chi connectivity index (χ1) is 27.5. The zero-order chi connectivity index (χ0) is 37.5. The van der Waals surface area contributed by atoms with Gasteiger partial charge in [0.1, 0.15) is 24.0 Å². The van der Waals surface area contributed by atoms with Crippen LogP contribution < -0.4 is 14.5 Å². The van der Waals surface area contributed by atoms with Crippen LogP contribution in [0.3, 0.4) is 0 Å². The lowest BCUT2D eigenvalue weighted by atomic mass is 10.0. The van der Waals surface area contributed by atoms with Gasteiger partial charge in [0.05, 0.1) is 16.1 Å². The van der Waals surface area contributed by atoms with E-state index in [4.69, 9.17) is 9.72 Å². The molecule has 0 N–H and O–H groups in total. The number of fused-ring (bicyclic) bond motifs is 7. The Morgan fingerprint density at radius 3 is 2.07 bits per heavy atom. The van der Waals surface area contributed by atoms with Gasteiger partial charge in [-0.2, -0.15) is 0 Å². The van der Waals surface area contributed by atoms with Gasteiger partial charge in [-0.25, -0.2) is 4.98 Å². The first kappa shape index (κ1) is 33.0. The number of rotatable bonds is 6. The highest BCUT2D eigenvalue weighted by atomic mass is 32.1. The molecule has 0 unspecified atom stereocenters. The van der Waals surface area contributed by atoms with Crippen LogP contribution in [-0.4, -0.2) is 16.2 Å². The van der Waals surface area contributed by atoms with E-state index in [9.17, 15) is 0 Å². The topological polar surface area (TPSA) is 33.5 Å². The maximum atomic E-state index is 6.98. The average molecular weight is 761 g/mol. The van der Waals surface area contributed by atoms with Crippen molar-refractivity contribution >= 4 is 85.8 Å². The Bertz CT molecular complexity index is 3150. The van der Waals surface area contributed by atoms with Gasteiger partial charge in [-0.3, -0.25) is 4.57 Å². The van der Waals surface area contributed by atoms with Gasteiger partial charge in [-0.1, -0.05) is 78.4 Å². The summed E-state index contributed by atoms with van der Waals surface area (Å²) in [6, 6.07) is 50.2. The van der Waals surface area contributed by atoms with Gasteiger partial charge in [-0.05, 0) is 92.6 Å². The van der Waals surface area contributed by atoms with Crippen LogP contribution in [0.25, 0.3) is 57.4 Å². The molecule has 7 heteroatoms. The van der Waals surface area contributed by atoms with Crippen molar-refractivity contribution in [3.05, 3.63) is 169 Å². The summed E-state index contributed by atoms with van der Waals surface area (Å²) in [6.45, 7) is 7.31. The van der Waals surface area contributed by atoms with Crippen molar-refractivity contribution in [1.29, 1.82) is 0 Å². The Morgan fingerprint density at radius 1 is 0.571 bits per heavy atom. The lowest BCUT2D eigenvalue weighted by Crippen LogP contribution is -2.25. The van der Waals surface area contributed by atoms with Gasteiger partial charge in [-0.15, -0.1) is 22.7 Å². The molecule has 11 rings (SSSR count). The van der Waals surface area contributed by atoms with E-state index in [-0.39, 0.29) is 0 Å². The maximum Gasteiger partial charge on any atom is 0.145 e. The zero-order valence-corrected chi connectivity index (χ0v) is 32.8. The molecule has 0 radical (unpaired) electrons. The lowest BCUT2D eigenvalue weighted by Gasteiger charge is -2.25. The molecule has 0 saturated heterocycles. The second kappa shape index (κ2) is 12.8. The molecular formula is C49H36N4OS2. The molecule has 0 saturated carbocycles. The van der Waals surface area contributed by atoms with E-state index in [1.165, 1.54) is 64.0 Å². The minimum absolute atomic E-state index is 0.708. The number of hydrogen-bond donors (Lipinski definition) is 0. The van der Waals surface area contributed by atoms with E-state index < -0.39 is 0 Å². The molecule has 3 aromatic heterocycles. The second-order valence-corrected chi connectivity index (χ2v) is 16.8. The van der Waals surface area contributed by atoms with Crippen molar-refractivity contribution in [2.45, 2.75) is 20.8 Å². The van der Waals surface area contributed by atoms with Crippen LogP contribution in [-0.2, 0) is 0 Å². The molecule has 7 aromatic carbocycles. The normalized spacial score (nSPS) is 12.8. The SMILES string of the molecule is Cc1cc(C)c(N2CN(c3cccc(Oc4cc(-c5nccn5-c5ccc6c(c5)sc5ccccc56)cc5c4sc4ccccc45)c3)c3ccccc32)c(C)c1. The molecule has 0 spiro atoms. The zero-order valence-electron chi connectivity index (χ0n) is 31.2. The summed E-state index contributed by atoms with van der Waals surface area (Å²) < 4.78 is 14.1. The fraction of sp³-hybridized carbons (Fsp3) is 0.0816. The van der Waals surface area contributed by atoms with Crippen LogP contribution in [0.5, 0.6) is 11.5 Å². The number of aromatic nitrogens is 2. The largest absolute Gasteiger partial charge is 0.456 e. The van der Waals surface area contributed by atoms with Crippen LogP contribution in [0.1, 0.15) is 16.7 Å². The van der Waals surface area contributed by atoms with E-state index in [0.29, 0.717) is 6.67 Å². The number of imidazole rings is 1. The Kier molecular flexibility index (Phi) is 7.56. The Hall–Kier alpha value is -6.41. The minimum atomic E-state index is 0.708. The Labute approximate surface area is 332 Å². The molecule has 1 aliphatic heterocycles. The summed E-state index contributed by atoms with van der Waals surface area (Å²) in [7, 11) is 0. The van der Waals surface area contributed by atoms with Crippen LogP contribution >= 0.6 is 22.7 Å². The quantitative estimate of drug-likeness (QED) is 0.169. The van der Waals surface area contributed by atoms with E-state index in [2.05, 4.69) is 181 Å². The number of benzene rings is 7. The number of para-hydroxylation sites is 2. The molecule has 5 nitrogen and oxygen atoms in total. The summed E-state index contributed by atoms with van der Waals surface area (Å²) in [5.74, 6) is 2.48. The summed E-state index contributed by atoms with van der Waals surface area (Å²) in [5, 5.41) is 4.96. The molecule has 56 heavy (non-hydrogen) atoms. The molecule has 270 valence electrons. The van der Waals surface area contributed by atoms with Crippen molar-refractivity contribution in [2.24, 2.45) is 0 Å². The monoisotopic (exact) mass is 760 g/mol. The number of nitrogens with zero attached hydrogens (tertiary/aromatic N) is 4. The standard InChI is InChI=1S/C49H36N4OS2/c1-30-23-31(2)47(32(3)24-30)53-29-52(41-15-6-7-16-42(41)53)34-11-10-12-36(27-34)54-43-26-33(25-40-38-14-5-9-18-45(38)56-48(40)43)49-50-21-22-51(49)35-19-20-39-37-13-4-8-17-44(37)55-46(39)28-35/h4-28H,29H2,1-3H3. The van der Waals surface area contributed by atoms with Gasteiger partial charge in [0.25, 0.3) is 0 Å². The van der Waals surface area contributed by atoms with E-state index in [0.717, 1.165) is 44.3 Å². The molecule has 0 atom stereocenters. The van der Waals surface area contributed by atoms with Crippen molar-refractivity contribution in [3.8, 4) is 28.6 Å². The predicted molar refractivity (Wildman–Crippen MR) is 238 cm³/mol. The summed E-state index contributed by atoms with van der Waals surface area (Å²) in [5.41, 5.74) is 10.7. The van der Waals surface area contributed by atoms with Crippen LogP contribution in [0, 0.1) is 20.8 Å². The second-order valence-electron chi connectivity index (χ2n) is 14.7. The first-order valence-corrected chi connectivity index (χ1v) is 20.5. The predicted octanol–water partition coefficient (Wildman–Crippen LogP) is 14.2. The Morgan fingerprint density at radius 2 is 1.27 bits per heavy atom. The lowest BCUT2D eigenvalue weighted by molar-refractivity contribution is 0.489. The number of aryl methyl sites for hydroxylation is 3. The van der Waals surface area contributed by atoms with E-state index in [1.807, 2.05) is 17.5 Å². The van der Waals surface area contributed by atoms with Crippen LogP contribution in [0.2, 0.25) is 0 Å². The minimum Gasteiger partial charge on any atom is -0.456 e. The number of hydrogen-bond acceptors (Lipinski definition) is 6. The molecule has 10 aromatic rings. The molecule has 1 aliphatic rings. The third-order valence-corrected chi connectivity index (χ3v) is 13.3. The third kappa shape index (κ3) is 5.30. The number of ether oxygens (including phenoxy) is 1. The first-order valence-electron chi connectivity index (χ1n) is 18.9. The highest BCUT2D eigenvalue weighted by Crippen LogP contribution is 2.48. The summed E-state index contributed by atoms with van der Waals surface area (Å²) in [4.78, 5) is 9.77. The molecule has 0 aliphatic carbocycles. The molecule has 0 fully saturated rings. The Balaban J connectivity index is 0.994. The van der Waals surface area contributed by atoms with Crippen molar-refractivity contribution in [2.75, 3.05) is 16.5 Å². The smallest absolute Gasteiger partial charge is 0.145 e. The summed E-state index contributed by atoms with van der Waals surface area (Å²) >= 11 is 3.60. The van der Waals surface area contributed by atoms with Gasteiger partial charge in [0.2, 0.25) is 0 Å². The van der Waals surface area contributed by atoms with Crippen molar-refractivity contribution in [1.82, 2.24) is 9.55 Å². The molecule has 4 heterocycles. The number of anilines is 4. The molecule has 0 bridgehead atoms. The third-order valence-electron chi connectivity index (χ3n) is 11.0.